The highest BCUT2D eigenvalue weighted by atomic mass is 16.2. The van der Waals surface area contributed by atoms with Crippen molar-refractivity contribution in [3.8, 4) is 0 Å². The first kappa shape index (κ1) is 14.9. The molecule has 0 spiro atoms. The normalized spacial score (nSPS) is 16.5. The number of anilines is 1. The number of aryl methyl sites for hydroxylation is 1. The highest BCUT2D eigenvalue weighted by Gasteiger charge is 2.22. The Morgan fingerprint density at radius 2 is 1.75 bits per heavy atom. The fraction of sp³-hybridized carbons (Fsp3) is 0.562. The second-order valence-electron chi connectivity index (χ2n) is 5.60. The molecular formula is C16H25N3O. The molecule has 1 heterocycles. The van der Waals surface area contributed by atoms with Gasteiger partial charge in [0.1, 0.15) is 0 Å². The van der Waals surface area contributed by atoms with Gasteiger partial charge in [0.05, 0.1) is 0 Å². The van der Waals surface area contributed by atoms with Crippen LogP contribution in [0.4, 0.5) is 10.5 Å². The summed E-state index contributed by atoms with van der Waals surface area (Å²) < 4.78 is 0. The van der Waals surface area contributed by atoms with Crippen molar-refractivity contribution in [3.63, 3.8) is 0 Å². The SMILES string of the molecule is CCc1ccc(NC(=O)N2CCN(C(C)C)CC2)cc1. The lowest BCUT2D eigenvalue weighted by Gasteiger charge is -2.36. The van der Waals surface area contributed by atoms with Crippen LogP contribution in [0, 0.1) is 0 Å². The first-order valence-electron chi connectivity index (χ1n) is 7.49. The minimum absolute atomic E-state index is 0.0117. The van der Waals surface area contributed by atoms with Gasteiger partial charge < -0.3 is 10.2 Å². The summed E-state index contributed by atoms with van der Waals surface area (Å²) >= 11 is 0. The van der Waals surface area contributed by atoms with Crippen molar-refractivity contribution < 1.29 is 4.79 Å². The molecule has 0 aliphatic carbocycles. The predicted molar refractivity (Wildman–Crippen MR) is 83.1 cm³/mol. The summed E-state index contributed by atoms with van der Waals surface area (Å²) in [6.07, 6.45) is 1.02. The summed E-state index contributed by atoms with van der Waals surface area (Å²) in [5, 5.41) is 2.98. The molecule has 1 aliphatic heterocycles. The van der Waals surface area contributed by atoms with Crippen molar-refractivity contribution in [2.45, 2.75) is 33.2 Å². The number of rotatable bonds is 3. The smallest absolute Gasteiger partial charge is 0.321 e. The van der Waals surface area contributed by atoms with Crippen LogP contribution in [0.1, 0.15) is 26.3 Å². The van der Waals surface area contributed by atoms with Gasteiger partial charge in [-0.25, -0.2) is 4.79 Å². The lowest BCUT2D eigenvalue weighted by molar-refractivity contribution is 0.125. The topological polar surface area (TPSA) is 35.6 Å². The van der Waals surface area contributed by atoms with Gasteiger partial charge >= 0.3 is 6.03 Å². The maximum atomic E-state index is 12.2. The van der Waals surface area contributed by atoms with E-state index in [0.29, 0.717) is 6.04 Å². The fourth-order valence-electron chi connectivity index (χ4n) is 2.47. The van der Waals surface area contributed by atoms with Crippen LogP contribution in [0.15, 0.2) is 24.3 Å². The van der Waals surface area contributed by atoms with Gasteiger partial charge in [-0.3, -0.25) is 4.90 Å². The lowest BCUT2D eigenvalue weighted by atomic mass is 10.1. The number of urea groups is 1. The van der Waals surface area contributed by atoms with Gasteiger partial charge in [-0.1, -0.05) is 19.1 Å². The molecule has 1 aromatic carbocycles. The zero-order valence-corrected chi connectivity index (χ0v) is 12.7. The molecule has 4 heteroatoms. The van der Waals surface area contributed by atoms with E-state index in [-0.39, 0.29) is 6.03 Å². The number of benzene rings is 1. The van der Waals surface area contributed by atoms with E-state index in [0.717, 1.165) is 38.3 Å². The Hall–Kier alpha value is -1.55. The van der Waals surface area contributed by atoms with Crippen molar-refractivity contribution in [3.05, 3.63) is 29.8 Å². The van der Waals surface area contributed by atoms with Crippen LogP contribution in [-0.4, -0.2) is 48.1 Å². The minimum Gasteiger partial charge on any atom is -0.322 e. The predicted octanol–water partition coefficient (Wildman–Crippen LogP) is 2.81. The van der Waals surface area contributed by atoms with Gasteiger partial charge in [-0.05, 0) is 38.0 Å². The molecule has 1 aromatic rings. The molecule has 1 fully saturated rings. The van der Waals surface area contributed by atoms with Gasteiger partial charge in [0, 0.05) is 37.9 Å². The number of hydrogen-bond donors (Lipinski definition) is 1. The second kappa shape index (κ2) is 6.75. The molecule has 0 unspecified atom stereocenters. The molecule has 0 radical (unpaired) electrons. The summed E-state index contributed by atoms with van der Waals surface area (Å²) in [4.78, 5) is 16.5. The summed E-state index contributed by atoms with van der Waals surface area (Å²) in [6.45, 7) is 10.0. The molecule has 2 rings (SSSR count). The Morgan fingerprint density at radius 1 is 1.15 bits per heavy atom. The molecule has 0 saturated carbocycles. The van der Waals surface area contributed by atoms with Crippen molar-refractivity contribution in [1.29, 1.82) is 0 Å². The van der Waals surface area contributed by atoms with E-state index in [1.165, 1.54) is 5.56 Å². The monoisotopic (exact) mass is 275 g/mol. The van der Waals surface area contributed by atoms with Gasteiger partial charge in [-0.2, -0.15) is 0 Å². The summed E-state index contributed by atoms with van der Waals surface area (Å²) in [6, 6.07) is 8.64. The number of amides is 2. The van der Waals surface area contributed by atoms with Crippen molar-refractivity contribution in [2.24, 2.45) is 0 Å². The van der Waals surface area contributed by atoms with Crippen molar-refractivity contribution in [1.82, 2.24) is 9.80 Å². The second-order valence-corrected chi connectivity index (χ2v) is 5.60. The van der Waals surface area contributed by atoms with E-state index in [9.17, 15) is 4.79 Å². The zero-order chi connectivity index (χ0) is 14.5. The van der Waals surface area contributed by atoms with Crippen LogP contribution in [0.2, 0.25) is 0 Å². The number of piperazine rings is 1. The number of carbonyl (C=O) groups is 1. The maximum Gasteiger partial charge on any atom is 0.321 e. The molecule has 1 saturated heterocycles. The molecule has 20 heavy (non-hydrogen) atoms. The quantitative estimate of drug-likeness (QED) is 0.920. The molecule has 0 aromatic heterocycles. The number of hydrogen-bond acceptors (Lipinski definition) is 2. The number of carbonyl (C=O) groups excluding carboxylic acids is 1. The van der Waals surface area contributed by atoms with Gasteiger partial charge in [0.15, 0.2) is 0 Å². The van der Waals surface area contributed by atoms with E-state index < -0.39 is 0 Å². The largest absolute Gasteiger partial charge is 0.322 e. The maximum absolute atomic E-state index is 12.2. The van der Waals surface area contributed by atoms with Crippen LogP contribution in [0.5, 0.6) is 0 Å². The highest BCUT2D eigenvalue weighted by molar-refractivity contribution is 5.89. The Balaban J connectivity index is 1.86. The minimum atomic E-state index is 0.0117. The average molecular weight is 275 g/mol. The molecule has 1 N–H and O–H groups in total. The Morgan fingerprint density at radius 3 is 2.25 bits per heavy atom. The van der Waals surface area contributed by atoms with Gasteiger partial charge in [0.25, 0.3) is 0 Å². The molecule has 2 amide bonds. The van der Waals surface area contributed by atoms with Crippen molar-refractivity contribution >= 4 is 11.7 Å². The fourth-order valence-corrected chi connectivity index (χ4v) is 2.47. The van der Waals surface area contributed by atoms with Gasteiger partial charge in [0.2, 0.25) is 0 Å². The van der Waals surface area contributed by atoms with Crippen LogP contribution >= 0.6 is 0 Å². The standard InChI is InChI=1S/C16H25N3O/c1-4-14-5-7-15(8-6-14)17-16(20)19-11-9-18(10-12-19)13(2)3/h5-8,13H,4,9-12H2,1-3H3,(H,17,20). The molecule has 4 nitrogen and oxygen atoms in total. The average Bonchev–Trinajstić information content (AvgIpc) is 2.48. The first-order valence-corrected chi connectivity index (χ1v) is 7.49. The van der Waals surface area contributed by atoms with Crippen molar-refractivity contribution in [2.75, 3.05) is 31.5 Å². The third-order valence-electron chi connectivity index (χ3n) is 3.95. The van der Waals surface area contributed by atoms with Gasteiger partial charge in [-0.15, -0.1) is 0 Å². The first-order chi connectivity index (χ1) is 9.60. The van der Waals surface area contributed by atoms with Crippen LogP contribution < -0.4 is 5.32 Å². The zero-order valence-electron chi connectivity index (χ0n) is 12.7. The summed E-state index contributed by atoms with van der Waals surface area (Å²) in [5.74, 6) is 0. The number of nitrogens with one attached hydrogen (secondary N) is 1. The lowest BCUT2D eigenvalue weighted by Crippen LogP contribution is -2.51. The Bertz CT molecular complexity index is 434. The summed E-state index contributed by atoms with van der Waals surface area (Å²) in [7, 11) is 0. The number of nitrogens with zero attached hydrogens (tertiary/aromatic N) is 2. The molecular weight excluding hydrogens is 250 g/mol. The Kier molecular flexibility index (Phi) is 5.01. The van der Waals surface area contributed by atoms with E-state index in [2.05, 4.69) is 43.1 Å². The molecule has 110 valence electrons. The van der Waals surface area contributed by atoms with E-state index in [1.807, 2.05) is 17.0 Å². The third-order valence-corrected chi connectivity index (χ3v) is 3.95. The molecule has 0 bridgehead atoms. The Labute approximate surface area is 121 Å². The third kappa shape index (κ3) is 3.73. The van der Waals surface area contributed by atoms with Crippen LogP contribution in [0.3, 0.4) is 0 Å². The van der Waals surface area contributed by atoms with E-state index >= 15 is 0 Å². The van der Waals surface area contributed by atoms with Crippen LogP contribution in [-0.2, 0) is 6.42 Å². The van der Waals surface area contributed by atoms with E-state index in [1.54, 1.807) is 0 Å². The van der Waals surface area contributed by atoms with E-state index in [4.69, 9.17) is 0 Å². The molecule has 1 aliphatic rings. The summed E-state index contributed by atoms with van der Waals surface area (Å²) in [5.41, 5.74) is 2.16. The van der Waals surface area contributed by atoms with Crippen LogP contribution in [0.25, 0.3) is 0 Å². The molecule has 0 atom stereocenters. The highest BCUT2D eigenvalue weighted by Crippen LogP contribution is 2.12.